The van der Waals surface area contributed by atoms with Crippen molar-refractivity contribution >= 4 is 23.1 Å². The highest BCUT2D eigenvalue weighted by molar-refractivity contribution is 6.33. The summed E-state index contributed by atoms with van der Waals surface area (Å²) in [5.41, 5.74) is 2.69. The Bertz CT molecular complexity index is 696. The maximum atomic E-state index is 12.8. The molecule has 1 heterocycles. The molecule has 1 aromatic carbocycles. The van der Waals surface area contributed by atoms with Gasteiger partial charge >= 0.3 is 6.18 Å². The summed E-state index contributed by atoms with van der Waals surface area (Å²) < 4.78 is 50.3. The van der Waals surface area contributed by atoms with Gasteiger partial charge < -0.3 is 0 Å². The first-order valence-corrected chi connectivity index (χ1v) is 6.44. The van der Waals surface area contributed by atoms with Crippen molar-refractivity contribution in [2.45, 2.75) is 13.1 Å². The van der Waals surface area contributed by atoms with Gasteiger partial charge in [-0.05, 0) is 30.7 Å². The molecule has 0 saturated heterocycles. The van der Waals surface area contributed by atoms with Crippen molar-refractivity contribution in [2.75, 3.05) is 5.43 Å². The van der Waals surface area contributed by atoms with Crippen LogP contribution in [0.5, 0.6) is 0 Å². The standard InChI is InChI=1S/C14H10ClF4N3/c1-8(9-2-4-11(16)5-3-9)21-22-13-12(15)6-10(7-20-13)14(17,18)19/h2-7H,1H3,(H,20,22)/b21-8-. The van der Waals surface area contributed by atoms with E-state index in [1.807, 2.05) is 0 Å². The van der Waals surface area contributed by atoms with Crippen LogP contribution >= 0.6 is 11.6 Å². The Morgan fingerprint density at radius 1 is 1.23 bits per heavy atom. The Balaban J connectivity index is 2.17. The third-order valence-electron chi connectivity index (χ3n) is 2.76. The van der Waals surface area contributed by atoms with E-state index in [-0.39, 0.29) is 16.7 Å². The summed E-state index contributed by atoms with van der Waals surface area (Å²) in [6.07, 6.45) is -3.85. The van der Waals surface area contributed by atoms with Crippen LogP contribution in [0.1, 0.15) is 18.1 Å². The first kappa shape index (κ1) is 16.2. The van der Waals surface area contributed by atoms with Crippen molar-refractivity contribution in [1.29, 1.82) is 0 Å². The van der Waals surface area contributed by atoms with E-state index in [9.17, 15) is 17.6 Å². The van der Waals surface area contributed by atoms with Crippen molar-refractivity contribution in [3.63, 3.8) is 0 Å². The molecule has 8 heteroatoms. The lowest BCUT2D eigenvalue weighted by atomic mass is 10.1. The van der Waals surface area contributed by atoms with Gasteiger partial charge in [-0.3, -0.25) is 5.43 Å². The van der Waals surface area contributed by atoms with Crippen molar-refractivity contribution in [3.05, 3.63) is 58.5 Å². The molecular weight excluding hydrogens is 322 g/mol. The number of nitrogens with zero attached hydrogens (tertiary/aromatic N) is 2. The highest BCUT2D eigenvalue weighted by Crippen LogP contribution is 2.32. The molecule has 22 heavy (non-hydrogen) atoms. The minimum Gasteiger partial charge on any atom is -0.260 e. The number of aromatic nitrogens is 1. The molecule has 2 rings (SSSR count). The topological polar surface area (TPSA) is 37.3 Å². The normalized spacial score (nSPS) is 12.4. The fraction of sp³-hybridized carbons (Fsp3) is 0.143. The van der Waals surface area contributed by atoms with E-state index >= 15 is 0 Å². The van der Waals surface area contributed by atoms with E-state index in [1.165, 1.54) is 24.3 Å². The molecule has 1 N–H and O–H groups in total. The van der Waals surface area contributed by atoms with E-state index < -0.39 is 11.7 Å². The number of benzene rings is 1. The van der Waals surface area contributed by atoms with Crippen LogP contribution in [0.2, 0.25) is 5.02 Å². The van der Waals surface area contributed by atoms with Crippen molar-refractivity contribution < 1.29 is 17.6 Å². The summed E-state index contributed by atoms with van der Waals surface area (Å²) in [5.74, 6) is -0.381. The maximum Gasteiger partial charge on any atom is 0.417 e. The molecule has 0 aliphatic rings. The molecule has 0 aliphatic carbocycles. The van der Waals surface area contributed by atoms with Crippen molar-refractivity contribution in [2.24, 2.45) is 5.10 Å². The van der Waals surface area contributed by atoms with E-state index in [2.05, 4.69) is 15.5 Å². The number of halogens is 5. The second kappa shape index (κ2) is 6.31. The number of hydrazone groups is 1. The quantitative estimate of drug-likeness (QED) is 0.501. The Labute approximate surface area is 128 Å². The van der Waals surface area contributed by atoms with Gasteiger partial charge in [-0.25, -0.2) is 9.37 Å². The molecular formula is C14H10ClF4N3. The summed E-state index contributed by atoms with van der Waals surface area (Å²) in [5, 5.41) is 3.76. The fourth-order valence-corrected chi connectivity index (χ4v) is 1.78. The molecule has 2 aromatic rings. The largest absolute Gasteiger partial charge is 0.417 e. The van der Waals surface area contributed by atoms with Gasteiger partial charge in [-0.1, -0.05) is 23.7 Å². The predicted molar refractivity (Wildman–Crippen MR) is 76.5 cm³/mol. The van der Waals surface area contributed by atoms with Gasteiger partial charge in [-0.15, -0.1) is 0 Å². The zero-order valence-corrected chi connectivity index (χ0v) is 12.0. The molecule has 0 spiro atoms. The molecule has 1 aromatic heterocycles. The molecule has 3 nitrogen and oxygen atoms in total. The zero-order chi connectivity index (χ0) is 16.3. The van der Waals surface area contributed by atoms with Gasteiger partial charge in [0.2, 0.25) is 0 Å². The smallest absolute Gasteiger partial charge is 0.260 e. The van der Waals surface area contributed by atoms with Gasteiger partial charge in [0.25, 0.3) is 0 Å². The lowest BCUT2D eigenvalue weighted by molar-refractivity contribution is -0.137. The lowest BCUT2D eigenvalue weighted by Crippen LogP contribution is -2.07. The number of pyridine rings is 1. The van der Waals surface area contributed by atoms with Gasteiger partial charge in [0, 0.05) is 6.20 Å². The average Bonchev–Trinajstić information content (AvgIpc) is 2.45. The molecule has 0 bridgehead atoms. The number of hydrogen-bond donors (Lipinski definition) is 1. The number of nitrogens with one attached hydrogen (secondary N) is 1. The third-order valence-corrected chi connectivity index (χ3v) is 3.05. The second-order valence-corrected chi connectivity index (χ2v) is 4.78. The maximum absolute atomic E-state index is 12.8. The minimum atomic E-state index is -4.51. The molecule has 0 radical (unpaired) electrons. The van der Waals surface area contributed by atoms with Gasteiger partial charge in [-0.2, -0.15) is 18.3 Å². The van der Waals surface area contributed by atoms with Crippen LogP contribution in [0.15, 0.2) is 41.6 Å². The van der Waals surface area contributed by atoms with E-state index in [4.69, 9.17) is 11.6 Å². The molecule has 0 atom stereocenters. The molecule has 0 aliphatic heterocycles. The molecule has 0 saturated carbocycles. The Morgan fingerprint density at radius 3 is 2.41 bits per heavy atom. The molecule has 0 amide bonds. The zero-order valence-electron chi connectivity index (χ0n) is 11.2. The van der Waals surface area contributed by atoms with Crippen molar-refractivity contribution in [3.8, 4) is 0 Å². The van der Waals surface area contributed by atoms with Crippen LogP contribution < -0.4 is 5.43 Å². The lowest BCUT2D eigenvalue weighted by Gasteiger charge is -2.09. The monoisotopic (exact) mass is 331 g/mol. The fourth-order valence-electron chi connectivity index (χ4n) is 1.57. The molecule has 0 fully saturated rings. The van der Waals surface area contributed by atoms with Crippen LogP contribution in [0.25, 0.3) is 0 Å². The Kier molecular flexibility index (Phi) is 4.65. The Hall–Kier alpha value is -2.15. The van der Waals surface area contributed by atoms with Gasteiger partial charge in [0.15, 0.2) is 5.82 Å². The molecule has 0 unspecified atom stereocenters. The number of anilines is 1. The van der Waals surface area contributed by atoms with E-state index in [1.54, 1.807) is 6.92 Å². The summed E-state index contributed by atoms with van der Waals surface area (Å²) in [6, 6.07) is 6.37. The van der Waals surface area contributed by atoms with Crippen LogP contribution in [0, 0.1) is 5.82 Å². The summed E-state index contributed by atoms with van der Waals surface area (Å²) in [4.78, 5) is 3.59. The third kappa shape index (κ3) is 3.94. The SMILES string of the molecule is C/C(=N/Nc1ncc(C(F)(F)F)cc1Cl)c1ccc(F)cc1. The highest BCUT2D eigenvalue weighted by atomic mass is 35.5. The first-order chi connectivity index (χ1) is 10.3. The van der Waals surface area contributed by atoms with Crippen LogP contribution in [0.3, 0.4) is 0 Å². The summed E-state index contributed by atoms with van der Waals surface area (Å²) in [7, 11) is 0. The van der Waals surface area contributed by atoms with Crippen LogP contribution in [0.4, 0.5) is 23.4 Å². The molecule has 116 valence electrons. The summed E-state index contributed by atoms with van der Waals surface area (Å²) in [6.45, 7) is 1.65. The predicted octanol–water partition coefficient (Wildman–Crippen LogP) is 4.73. The minimum absolute atomic E-state index is 0.00358. The second-order valence-electron chi connectivity index (χ2n) is 4.37. The Morgan fingerprint density at radius 2 is 1.86 bits per heavy atom. The van der Waals surface area contributed by atoms with Crippen LogP contribution in [-0.4, -0.2) is 10.7 Å². The summed E-state index contributed by atoms with van der Waals surface area (Å²) >= 11 is 5.74. The van der Waals surface area contributed by atoms with E-state index in [0.29, 0.717) is 17.5 Å². The number of hydrogen-bond acceptors (Lipinski definition) is 3. The first-order valence-electron chi connectivity index (χ1n) is 6.06. The highest BCUT2D eigenvalue weighted by Gasteiger charge is 2.31. The number of alkyl halides is 3. The van der Waals surface area contributed by atoms with Gasteiger partial charge in [0.05, 0.1) is 16.3 Å². The average molecular weight is 332 g/mol. The van der Waals surface area contributed by atoms with Crippen LogP contribution in [-0.2, 0) is 6.18 Å². The van der Waals surface area contributed by atoms with Crippen molar-refractivity contribution in [1.82, 2.24) is 4.98 Å². The number of rotatable bonds is 3. The van der Waals surface area contributed by atoms with Gasteiger partial charge in [0.1, 0.15) is 5.82 Å². The van der Waals surface area contributed by atoms with E-state index in [0.717, 1.165) is 6.07 Å².